The molecule has 0 fully saturated rings. The van der Waals surface area contributed by atoms with Crippen molar-refractivity contribution >= 4 is 29.3 Å². The lowest BCUT2D eigenvalue weighted by Crippen LogP contribution is -2.15. The molecule has 1 N–H and O–H groups in total. The molecule has 0 aliphatic carbocycles. The molecule has 0 saturated heterocycles. The van der Waals surface area contributed by atoms with Gasteiger partial charge in [0.25, 0.3) is 5.91 Å². The van der Waals surface area contributed by atoms with Crippen LogP contribution < -0.4 is 5.32 Å². The fraction of sp³-hybridized carbons (Fsp3) is 0.222. The van der Waals surface area contributed by atoms with Gasteiger partial charge in [0, 0.05) is 11.3 Å². The topological polar surface area (TPSA) is 55.4 Å². The van der Waals surface area contributed by atoms with E-state index in [2.05, 4.69) is 5.32 Å². The monoisotopic (exact) mass is 329 g/mol. The summed E-state index contributed by atoms with van der Waals surface area (Å²) in [6.45, 7) is 2.03. The van der Waals surface area contributed by atoms with Gasteiger partial charge in [-0.15, -0.1) is 0 Å². The van der Waals surface area contributed by atoms with E-state index in [-0.39, 0.29) is 12.5 Å². The average molecular weight is 329 g/mol. The Morgan fingerprint density at radius 2 is 1.78 bits per heavy atom. The van der Waals surface area contributed by atoms with Gasteiger partial charge in [-0.25, -0.2) is 4.79 Å². The number of carbonyl (C=O) groups is 2. The van der Waals surface area contributed by atoms with Crippen LogP contribution in [0.3, 0.4) is 0 Å². The van der Waals surface area contributed by atoms with E-state index in [1.807, 2.05) is 18.4 Å². The van der Waals surface area contributed by atoms with E-state index >= 15 is 0 Å². The molecule has 120 valence electrons. The summed E-state index contributed by atoms with van der Waals surface area (Å²) in [6.07, 6.45) is 2.03. The van der Waals surface area contributed by atoms with Crippen LogP contribution in [-0.2, 0) is 10.5 Å². The van der Waals surface area contributed by atoms with Crippen LogP contribution in [0.5, 0.6) is 0 Å². The van der Waals surface area contributed by atoms with E-state index in [9.17, 15) is 9.59 Å². The van der Waals surface area contributed by atoms with Crippen molar-refractivity contribution in [1.82, 2.24) is 0 Å². The van der Waals surface area contributed by atoms with Gasteiger partial charge < -0.3 is 10.1 Å². The van der Waals surface area contributed by atoms with Crippen molar-refractivity contribution in [3.63, 3.8) is 0 Å². The van der Waals surface area contributed by atoms with Gasteiger partial charge in [-0.2, -0.15) is 11.8 Å². The van der Waals surface area contributed by atoms with Crippen molar-refractivity contribution in [2.75, 3.05) is 18.2 Å². The molecule has 1 amide bonds. The van der Waals surface area contributed by atoms with Gasteiger partial charge in [0.05, 0.1) is 17.9 Å². The Bertz CT molecular complexity index is 683. The number of amides is 1. The second kappa shape index (κ2) is 8.39. The molecule has 0 radical (unpaired) electrons. The zero-order chi connectivity index (χ0) is 16.7. The van der Waals surface area contributed by atoms with Crippen molar-refractivity contribution in [2.45, 2.75) is 12.7 Å². The molecule has 0 atom stereocenters. The Hall–Kier alpha value is -2.27. The first-order chi connectivity index (χ1) is 11.2. The minimum absolute atomic E-state index is 0.252. The standard InChI is InChI=1S/C18H19NO3S/c1-3-22-18(21)15-6-4-5-7-16(15)19-17(20)14-10-8-13(9-11-14)12-23-2/h4-11H,3,12H2,1-2H3,(H,19,20). The molecule has 0 aliphatic heterocycles. The fourth-order valence-electron chi connectivity index (χ4n) is 2.09. The summed E-state index contributed by atoms with van der Waals surface area (Å²) < 4.78 is 5.01. The van der Waals surface area contributed by atoms with E-state index in [0.29, 0.717) is 16.8 Å². The van der Waals surface area contributed by atoms with Crippen molar-refractivity contribution in [1.29, 1.82) is 0 Å². The minimum atomic E-state index is -0.446. The van der Waals surface area contributed by atoms with Crippen LogP contribution in [0.2, 0.25) is 0 Å². The van der Waals surface area contributed by atoms with Gasteiger partial charge in [0.1, 0.15) is 0 Å². The van der Waals surface area contributed by atoms with Gasteiger partial charge in [-0.1, -0.05) is 24.3 Å². The lowest BCUT2D eigenvalue weighted by Gasteiger charge is -2.10. The molecule has 2 aromatic carbocycles. The third-order valence-corrected chi connectivity index (χ3v) is 3.82. The van der Waals surface area contributed by atoms with Crippen molar-refractivity contribution in [2.24, 2.45) is 0 Å². The van der Waals surface area contributed by atoms with Gasteiger partial charge in [-0.05, 0) is 43.0 Å². The average Bonchev–Trinajstić information content (AvgIpc) is 2.56. The number of anilines is 1. The molecule has 23 heavy (non-hydrogen) atoms. The van der Waals surface area contributed by atoms with Gasteiger partial charge >= 0.3 is 5.97 Å². The lowest BCUT2D eigenvalue weighted by atomic mass is 10.1. The fourth-order valence-corrected chi connectivity index (χ4v) is 2.62. The third-order valence-electron chi connectivity index (χ3n) is 3.20. The maximum absolute atomic E-state index is 12.3. The van der Waals surface area contributed by atoms with Crippen molar-refractivity contribution in [3.05, 3.63) is 65.2 Å². The number of para-hydroxylation sites is 1. The second-order valence-electron chi connectivity index (χ2n) is 4.85. The zero-order valence-electron chi connectivity index (χ0n) is 13.2. The molecule has 0 spiro atoms. The first-order valence-corrected chi connectivity index (χ1v) is 8.70. The third kappa shape index (κ3) is 4.60. The molecule has 0 bridgehead atoms. The summed E-state index contributed by atoms with van der Waals surface area (Å²) in [6, 6.07) is 14.3. The highest BCUT2D eigenvalue weighted by molar-refractivity contribution is 7.97. The van der Waals surface area contributed by atoms with Crippen LogP contribution in [0.4, 0.5) is 5.69 Å². The molecule has 4 nitrogen and oxygen atoms in total. The van der Waals surface area contributed by atoms with Gasteiger partial charge in [-0.3, -0.25) is 4.79 Å². The number of rotatable bonds is 6. The Morgan fingerprint density at radius 3 is 2.43 bits per heavy atom. The van der Waals surface area contributed by atoms with Crippen LogP contribution in [0.1, 0.15) is 33.2 Å². The number of hydrogen-bond acceptors (Lipinski definition) is 4. The molecule has 2 aromatic rings. The molecular weight excluding hydrogens is 310 g/mol. The predicted molar refractivity (Wildman–Crippen MR) is 94.0 cm³/mol. The Labute approximate surface area is 140 Å². The molecule has 5 heteroatoms. The number of benzene rings is 2. The smallest absolute Gasteiger partial charge is 0.340 e. The van der Waals surface area contributed by atoms with Crippen LogP contribution in [-0.4, -0.2) is 24.7 Å². The summed E-state index contributed by atoms with van der Waals surface area (Å²) in [5.74, 6) is 0.212. The summed E-state index contributed by atoms with van der Waals surface area (Å²) >= 11 is 1.73. The Balaban J connectivity index is 2.15. The number of nitrogens with one attached hydrogen (secondary N) is 1. The van der Waals surface area contributed by atoms with E-state index in [1.54, 1.807) is 55.1 Å². The van der Waals surface area contributed by atoms with Crippen LogP contribution in [0.15, 0.2) is 48.5 Å². The molecule has 0 aromatic heterocycles. The highest BCUT2D eigenvalue weighted by atomic mass is 32.2. The van der Waals surface area contributed by atoms with E-state index in [4.69, 9.17) is 4.74 Å². The normalized spacial score (nSPS) is 10.2. The predicted octanol–water partition coefficient (Wildman–Crippen LogP) is 3.98. The zero-order valence-corrected chi connectivity index (χ0v) is 14.0. The highest BCUT2D eigenvalue weighted by Crippen LogP contribution is 2.18. The van der Waals surface area contributed by atoms with Gasteiger partial charge in [0.15, 0.2) is 0 Å². The molecule has 0 saturated carbocycles. The Morgan fingerprint density at radius 1 is 1.09 bits per heavy atom. The number of esters is 1. The van der Waals surface area contributed by atoms with Crippen LogP contribution in [0, 0.1) is 0 Å². The van der Waals surface area contributed by atoms with Crippen molar-refractivity contribution in [3.8, 4) is 0 Å². The highest BCUT2D eigenvalue weighted by Gasteiger charge is 2.14. The SMILES string of the molecule is CCOC(=O)c1ccccc1NC(=O)c1ccc(CSC)cc1. The molecule has 0 unspecified atom stereocenters. The molecular formula is C18H19NO3S. The van der Waals surface area contributed by atoms with E-state index in [0.717, 1.165) is 5.75 Å². The maximum Gasteiger partial charge on any atom is 0.340 e. The summed E-state index contributed by atoms with van der Waals surface area (Å²) in [5, 5.41) is 2.77. The first kappa shape index (κ1) is 17.1. The van der Waals surface area contributed by atoms with E-state index < -0.39 is 5.97 Å². The van der Waals surface area contributed by atoms with Crippen LogP contribution >= 0.6 is 11.8 Å². The maximum atomic E-state index is 12.3. The van der Waals surface area contributed by atoms with E-state index in [1.165, 1.54) is 5.56 Å². The first-order valence-electron chi connectivity index (χ1n) is 7.31. The largest absolute Gasteiger partial charge is 0.462 e. The summed E-state index contributed by atoms with van der Waals surface area (Å²) in [7, 11) is 0. The number of carbonyl (C=O) groups excluding carboxylic acids is 2. The molecule has 0 heterocycles. The Kier molecular flexibility index (Phi) is 6.23. The summed E-state index contributed by atoms with van der Waals surface area (Å²) in [4.78, 5) is 24.3. The number of ether oxygens (including phenoxy) is 1. The van der Waals surface area contributed by atoms with Gasteiger partial charge in [0.2, 0.25) is 0 Å². The second-order valence-corrected chi connectivity index (χ2v) is 5.72. The quantitative estimate of drug-likeness (QED) is 0.815. The van der Waals surface area contributed by atoms with Crippen LogP contribution in [0.25, 0.3) is 0 Å². The molecule has 0 aliphatic rings. The number of hydrogen-bond donors (Lipinski definition) is 1. The molecule has 2 rings (SSSR count). The summed E-state index contributed by atoms with van der Waals surface area (Å²) in [5.41, 5.74) is 2.51. The number of thioether (sulfide) groups is 1. The lowest BCUT2D eigenvalue weighted by molar-refractivity contribution is 0.0527. The minimum Gasteiger partial charge on any atom is -0.462 e. The van der Waals surface area contributed by atoms with Crippen molar-refractivity contribution < 1.29 is 14.3 Å².